The number of aryl methyl sites for hydroxylation is 1. The summed E-state index contributed by atoms with van der Waals surface area (Å²) in [5.74, 6) is -1.44. The van der Waals surface area contributed by atoms with Crippen molar-refractivity contribution in [3.8, 4) is 0 Å². The van der Waals surface area contributed by atoms with Crippen LogP contribution in [0.5, 0.6) is 0 Å². The number of aromatic nitrogens is 2. The second kappa shape index (κ2) is 5.64. The van der Waals surface area contributed by atoms with Gasteiger partial charge in [0.1, 0.15) is 5.69 Å². The number of rotatable bonds is 2. The molecule has 1 saturated carbocycles. The highest BCUT2D eigenvalue weighted by molar-refractivity contribution is 5.32. The summed E-state index contributed by atoms with van der Waals surface area (Å²) in [6, 6.07) is -0.832. The first-order chi connectivity index (χ1) is 10.7. The minimum atomic E-state index is -4.80. The molecule has 2 atom stereocenters. The van der Waals surface area contributed by atoms with Crippen molar-refractivity contribution in [2.45, 2.75) is 49.6 Å². The van der Waals surface area contributed by atoms with E-state index in [0.29, 0.717) is 17.8 Å². The number of aromatic amines is 1. The minimum Gasteiger partial charge on any atom is -0.850 e. The highest BCUT2D eigenvalue weighted by atomic mass is 19.4. The number of halogens is 3. The SMILES string of the molecule is Cn1[nH]c(C(F)(F)F)c(C2C([O-])C(N3CCCCC3)C2[O-])c1=O. The fourth-order valence-corrected chi connectivity index (χ4v) is 3.71. The van der Waals surface area contributed by atoms with E-state index < -0.39 is 47.2 Å². The monoisotopic (exact) mass is 333 g/mol. The molecule has 0 aromatic carbocycles. The molecule has 1 N–H and O–H groups in total. The van der Waals surface area contributed by atoms with Crippen LogP contribution < -0.4 is 15.8 Å². The molecule has 1 saturated heterocycles. The Morgan fingerprint density at radius 2 is 1.70 bits per heavy atom. The van der Waals surface area contributed by atoms with Crippen LogP contribution in [0.25, 0.3) is 0 Å². The Balaban J connectivity index is 1.91. The summed E-state index contributed by atoms with van der Waals surface area (Å²) >= 11 is 0. The lowest BCUT2D eigenvalue weighted by atomic mass is 9.69. The molecular formula is C14H18F3N3O3-2. The van der Waals surface area contributed by atoms with Gasteiger partial charge in [0.2, 0.25) is 0 Å². The number of piperidine rings is 1. The maximum absolute atomic E-state index is 13.1. The molecule has 0 bridgehead atoms. The molecule has 1 aliphatic carbocycles. The predicted octanol–water partition coefficient (Wildman–Crippen LogP) is -0.858. The first kappa shape index (κ1) is 16.5. The van der Waals surface area contributed by atoms with Crippen LogP contribution >= 0.6 is 0 Å². The van der Waals surface area contributed by atoms with Gasteiger partial charge in [0.25, 0.3) is 5.56 Å². The van der Waals surface area contributed by atoms with Crippen molar-refractivity contribution in [3.05, 3.63) is 21.6 Å². The summed E-state index contributed by atoms with van der Waals surface area (Å²) in [7, 11) is 1.14. The van der Waals surface area contributed by atoms with Gasteiger partial charge >= 0.3 is 6.18 Å². The highest BCUT2D eigenvalue weighted by Crippen LogP contribution is 2.41. The lowest BCUT2D eigenvalue weighted by Gasteiger charge is -2.64. The van der Waals surface area contributed by atoms with E-state index in [-0.39, 0.29) is 0 Å². The van der Waals surface area contributed by atoms with Gasteiger partial charge in [-0.1, -0.05) is 6.42 Å². The third-order valence-corrected chi connectivity index (χ3v) is 4.89. The molecule has 1 aromatic rings. The van der Waals surface area contributed by atoms with Gasteiger partial charge in [0.05, 0.1) is 0 Å². The molecule has 2 heterocycles. The largest absolute Gasteiger partial charge is 0.850 e. The second-order valence-electron chi connectivity index (χ2n) is 6.30. The molecule has 1 aliphatic heterocycles. The Hall–Kier alpha value is -1.32. The Bertz CT molecular complexity index is 623. The second-order valence-corrected chi connectivity index (χ2v) is 6.30. The number of likely N-dealkylation sites (tertiary alicyclic amines) is 1. The van der Waals surface area contributed by atoms with Gasteiger partial charge < -0.3 is 15.1 Å². The van der Waals surface area contributed by atoms with E-state index in [1.54, 1.807) is 4.90 Å². The van der Waals surface area contributed by atoms with Gasteiger partial charge in [0, 0.05) is 12.6 Å². The van der Waals surface area contributed by atoms with Gasteiger partial charge in [-0.25, -0.2) is 0 Å². The quantitative estimate of drug-likeness (QED) is 0.763. The maximum Gasteiger partial charge on any atom is 0.433 e. The number of hydrogen-bond acceptors (Lipinski definition) is 4. The number of nitrogens with one attached hydrogen (secondary N) is 1. The van der Waals surface area contributed by atoms with E-state index >= 15 is 0 Å². The molecule has 0 spiro atoms. The van der Waals surface area contributed by atoms with Crippen molar-refractivity contribution < 1.29 is 23.4 Å². The summed E-state index contributed by atoms with van der Waals surface area (Å²) in [4.78, 5) is 13.8. The summed E-state index contributed by atoms with van der Waals surface area (Å²) in [6.07, 6.45) is -5.03. The smallest absolute Gasteiger partial charge is 0.433 e. The Morgan fingerprint density at radius 1 is 1.13 bits per heavy atom. The van der Waals surface area contributed by atoms with Crippen molar-refractivity contribution in [3.63, 3.8) is 0 Å². The molecule has 2 aliphatic rings. The first-order valence-corrected chi connectivity index (χ1v) is 7.65. The van der Waals surface area contributed by atoms with Crippen molar-refractivity contribution in [2.75, 3.05) is 13.1 Å². The van der Waals surface area contributed by atoms with Crippen molar-refractivity contribution in [1.29, 1.82) is 0 Å². The lowest BCUT2D eigenvalue weighted by molar-refractivity contribution is -0.545. The topological polar surface area (TPSA) is 87.2 Å². The van der Waals surface area contributed by atoms with Crippen molar-refractivity contribution >= 4 is 0 Å². The molecule has 0 radical (unpaired) electrons. The molecule has 23 heavy (non-hydrogen) atoms. The minimum absolute atomic E-state index is 0.617. The van der Waals surface area contributed by atoms with E-state index in [1.807, 2.05) is 5.10 Å². The molecular weight excluding hydrogens is 315 g/mol. The van der Waals surface area contributed by atoms with E-state index in [0.717, 1.165) is 26.3 Å². The molecule has 130 valence electrons. The Labute approximate surface area is 130 Å². The van der Waals surface area contributed by atoms with E-state index in [9.17, 15) is 28.2 Å². The van der Waals surface area contributed by atoms with Crippen LogP contribution in [0.15, 0.2) is 4.79 Å². The number of H-pyrrole nitrogens is 1. The fourth-order valence-electron chi connectivity index (χ4n) is 3.71. The molecule has 0 amide bonds. The average Bonchev–Trinajstić information content (AvgIpc) is 2.77. The zero-order chi connectivity index (χ0) is 16.9. The average molecular weight is 333 g/mol. The van der Waals surface area contributed by atoms with Crippen LogP contribution in [0, 0.1) is 0 Å². The molecule has 9 heteroatoms. The summed E-state index contributed by atoms with van der Waals surface area (Å²) in [6.45, 7) is 1.23. The first-order valence-electron chi connectivity index (χ1n) is 7.65. The zero-order valence-electron chi connectivity index (χ0n) is 12.6. The molecule has 3 rings (SSSR count). The van der Waals surface area contributed by atoms with Crippen LogP contribution in [0.1, 0.15) is 36.4 Å². The normalized spacial score (nSPS) is 32.8. The van der Waals surface area contributed by atoms with Crippen molar-refractivity contribution in [2.24, 2.45) is 7.05 Å². The summed E-state index contributed by atoms with van der Waals surface area (Å²) < 4.78 is 39.9. The number of alkyl halides is 3. The van der Waals surface area contributed by atoms with E-state index in [4.69, 9.17) is 0 Å². The van der Waals surface area contributed by atoms with Crippen LogP contribution in [-0.4, -0.2) is 46.0 Å². The maximum atomic E-state index is 13.1. The third kappa shape index (κ3) is 2.60. The fraction of sp³-hybridized carbons (Fsp3) is 0.786. The van der Waals surface area contributed by atoms with Gasteiger partial charge in [0.15, 0.2) is 0 Å². The van der Waals surface area contributed by atoms with Gasteiger partial charge in [-0.2, -0.15) is 13.2 Å². The van der Waals surface area contributed by atoms with E-state index in [1.165, 1.54) is 0 Å². The van der Waals surface area contributed by atoms with E-state index in [2.05, 4.69) is 0 Å². The highest BCUT2D eigenvalue weighted by Gasteiger charge is 2.47. The molecule has 2 unspecified atom stereocenters. The predicted molar refractivity (Wildman–Crippen MR) is 70.6 cm³/mol. The van der Waals surface area contributed by atoms with Crippen LogP contribution in [0.2, 0.25) is 0 Å². The number of nitrogens with zero attached hydrogens (tertiary/aromatic N) is 2. The molecule has 1 aromatic heterocycles. The number of hydrogen-bond donors (Lipinski definition) is 1. The standard InChI is InChI=1S/C14H18F3N3O3/c1-19-13(23)8(12(18-19)14(15,16)17)7-10(21)9(11(7)22)20-5-3-2-4-6-20/h7,9-11,18H,2-6H2,1H3/q-2. The molecule has 2 fully saturated rings. The van der Waals surface area contributed by atoms with Crippen LogP contribution in [0.3, 0.4) is 0 Å². The van der Waals surface area contributed by atoms with Crippen molar-refractivity contribution in [1.82, 2.24) is 14.7 Å². The molecule has 6 nitrogen and oxygen atoms in total. The Kier molecular flexibility index (Phi) is 4.06. The van der Waals surface area contributed by atoms with Crippen LogP contribution in [0.4, 0.5) is 13.2 Å². The van der Waals surface area contributed by atoms with Gasteiger partial charge in [-0.3, -0.25) is 14.6 Å². The lowest BCUT2D eigenvalue weighted by Crippen LogP contribution is -2.75. The third-order valence-electron chi connectivity index (χ3n) is 4.89. The van der Waals surface area contributed by atoms with Gasteiger partial charge in [-0.15, -0.1) is 12.2 Å². The summed E-state index contributed by atoms with van der Waals surface area (Å²) in [5, 5.41) is 26.8. The Morgan fingerprint density at radius 3 is 2.22 bits per heavy atom. The van der Waals surface area contributed by atoms with Gasteiger partial charge in [-0.05, 0) is 37.9 Å². The van der Waals surface area contributed by atoms with Crippen LogP contribution in [-0.2, 0) is 13.2 Å². The summed E-state index contributed by atoms with van der Waals surface area (Å²) in [5.41, 5.74) is -2.91. The zero-order valence-corrected chi connectivity index (χ0v) is 12.6.